The van der Waals surface area contributed by atoms with Crippen molar-refractivity contribution in [3.05, 3.63) is 0 Å². The summed E-state index contributed by atoms with van der Waals surface area (Å²) in [5.74, 6) is -0.590. The SMILES string of the molecule is CC(O)CS(=O)(=O)O.CNC(O)(O)O. The summed E-state index contributed by atoms with van der Waals surface area (Å²) in [5, 5.41) is 33.6. The minimum absolute atomic E-state index is 0.590. The van der Waals surface area contributed by atoms with Crippen molar-refractivity contribution < 1.29 is 33.4 Å². The third-order valence-electron chi connectivity index (χ3n) is 0.787. The second kappa shape index (κ2) is 6.24. The number of aliphatic hydroxyl groups excluding tert-OH is 1. The highest BCUT2D eigenvalue weighted by Gasteiger charge is 2.11. The lowest BCUT2D eigenvalue weighted by Gasteiger charge is -2.09. The van der Waals surface area contributed by atoms with Gasteiger partial charge < -0.3 is 20.4 Å². The number of rotatable bonds is 3. The molecular formula is C5H15NO7S. The van der Waals surface area contributed by atoms with E-state index in [0.717, 1.165) is 0 Å². The van der Waals surface area contributed by atoms with E-state index in [4.69, 9.17) is 25.0 Å². The van der Waals surface area contributed by atoms with Crippen LogP contribution in [0.3, 0.4) is 0 Å². The quantitative estimate of drug-likeness (QED) is 0.224. The van der Waals surface area contributed by atoms with Crippen molar-refractivity contribution in [2.24, 2.45) is 0 Å². The predicted octanol–water partition coefficient (Wildman–Crippen LogP) is -2.95. The number of hydrogen-bond acceptors (Lipinski definition) is 7. The lowest BCUT2D eigenvalue weighted by atomic mass is 10.5. The monoisotopic (exact) mass is 233 g/mol. The molecule has 1 atom stereocenters. The van der Waals surface area contributed by atoms with Crippen molar-refractivity contribution in [3.63, 3.8) is 0 Å². The molecule has 0 radical (unpaired) electrons. The second-order valence-corrected chi connectivity index (χ2v) is 3.98. The molecule has 1 unspecified atom stereocenters. The van der Waals surface area contributed by atoms with E-state index in [0.29, 0.717) is 0 Å². The average Bonchev–Trinajstić information content (AvgIpc) is 1.81. The molecule has 0 heterocycles. The van der Waals surface area contributed by atoms with Gasteiger partial charge >= 0.3 is 6.10 Å². The largest absolute Gasteiger partial charge is 0.392 e. The van der Waals surface area contributed by atoms with Crippen molar-refractivity contribution in [1.29, 1.82) is 0 Å². The Kier molecular flexibility index (Phi) is 7.20. The molecule has 0 aliphatic heterocycles. The molecule has 0 aliphatic carbocycles. The Balaban J connectivity index is 0. The molecule has 0 fully saturated rings. The van der Waals surface area contributed by atoms with Gasteiger partial charge in [-0.2, -0.15) is 8.42 Å². The normalized spacial score (nSPS) is 14.2. The third-order valence-corrected chi connectivity index (χ3v) is 1.69. The Morgan fingerprint density at radius 3 is 1.64 bits per heavy atom. The lowest BCUT2D eigenvalue weighted by molar-refractivity contribution is -0.328. The molecule has 0 amide bonds. The van der Waals surface area contributed by atoms with E-state index >= 15 is 0 Å². The first-order chi connectivity index (χ1) is 5.98. The zero-order valence-corrected chi connectivity index (χ0v) is 8.56. The molecule has 0 spiro atoms. The highest BCUT2D eigenvalue weighted by atomic mass is 32.2. The van der Waals surface area contributed by atoms with Crippen molar-refractivity contribution in [3.8, 4) is 0 Å². The molecule has 88 valence electrons. The molecule has 14 heavy (non-hydrogen) atoms. The van der Waals surface area contributed by atoms with Gasteiger partial charge in [-0.3, -0.25) is 4.55 Å². The van der Waals surface area contributed by atoms with Crippen molar-refractivity contribution in [2.45, 2.75) is 19.1 Å². The Labute approximate surface area is 81.6 Å². The van der Waals surface area contributed by atoms with E-state index in [9.17, 15) is 8.42 Å². The van der Waals surface area contributed by atoms with Crippen LogP contribution in [0.1, 0.15) is 6.92 Å². The van der Waals surface area contributed by atoms with Crippen LogP contribution in [-0.4, -0.2) is 58.4 Å². The summed E-state index contributed by atoms with van der Waals surface area (Å²) in [7, 11) is -2.77. The first kappa shape index (κ1) is 16.2. The van der Waals surface area contributed by atoms with Gasteiger partial charge in [-0.1, -0.05) is 0 Å². The van der Waals surface area contributed by atoms with Crippen LogP contribution >= 0.6 is 0 Å². The van der Waals surface area contributed by atoms with Gasteiger partial charge in [0.2, 0.25) is 0 Å². The summed E-state index contributed by atoms with van der Waals surface area (Å²) < 4.78 is 27.7. The Morgan fingerprint density at radius 2 is 1.64 bits per heavy atom. The highest BCUT2D eigenvalue weighted by Crippen LogP contribution is 1.86. The molecular weight excluding hydrogens is 218 g/mol. The molecule has 0 aromatic rings. The second-order valence-electron chi connectivity index (χ2n) is 2.48. The smallest absolute Gasteiger partial charge is 0.342 e. The maximum atomic E-state index is 9.84. The van der Waals surface area contributed by atoms with Crippen LogP contribution in [0, 0.1) is 0 Å². The van der Waals surface area contributed by atoms with E-state index in [1.54, 1.807) is 5.32 Å². The number of aliphatic hydroxyl groups is 4. The van der Waals surface area contributed by atoms with Crippen LogP contribution in [0.5, 0.6) is 0 Å². The van der Waals surface area contributed by atoms with Gasteiger partial charge in [0.25, 0.3) is 10.1 Å². The van der Waals surface area contributed by atoms with Crippen LogP contribution in [0.25, 0.3) is 0 Å². The summed E-state index contributed by atoms with van der Waals surface area (Å²) in [6.45, 7) is 1.29. The molecule has 8 nitrogen and oxygen atoms in total. The van der Waals surface area contributed by atoms with Crippen molar-refractivity contribution >= 4 is 10.1 Å². The molecule has 0 aliphatic rings. The number of hydrogen-bond donors (Lipinski definition) is 6. The average molecular weight is 233 g/mol. The molecule has 0 saturated heterocycles. The fourth-order valence-corrected chi connectivity index (χ4v) is 0.914. The van der Waals surface area contributed by atoms with E-state index in [-0.39, 0.29) is 0 Å². The summed E-state index contributed by atoms with van der Waals surface area (Å²) in [6, 6.07) is 0. The van der Waals surface area contributed by atoms with Crippen LogP contribution in [0.2, 0.25) is 0 Å². The minimum Gasteiger partial charge on any atom is -0.392 e. The predicted molar refractivity (Wildman–Crippen MR) is 46.5 cm³/mol. The van der Waals surface area contributed by atoms with Gasteiger partial charge in [-0.25, -0.2) is 5.32 Å². The standard InChI is InChI=1S/C3H8O4S.C2H7NO3/c1-3(4)2-8(5,6)7;1-3-2(4,5)6/h3-4H,2H2,1H3,(H,5,6,7);3-6H,1H3. The molecule has 6 N–H and O–H groups in total. The number of nitrogens with one attached hydrogen (secondary N) is 1. The van der Waals surface area contributed by atoms with Gasteiger partial charge in [-0.15, -0.1) is 0 Å². The van der Waals surface area contributed by atoms with E-state index in [1.165, 1.54) is 14.0 Å². The van der Waals surface area contributed by atoms with Gasteiger partial charge in [0.1, 0.15) is 5.75 Å². The summed E-state index contributed by atoms with van der Waals surface area (Å²) in [6.07, 6.45) is -3.70. The van der Waals surface area contributed by atoms with Crippen LogP contribution in [0.15, 0.2) is 0 Å². The molecule has 0 aromatic carbocycles. The van der Waals surface area contributed by atoms with E-state index in [1.807, 2.05) is 0 Å². The Morgan fingerprint density at radius 1 is 1.36 bits per heavy atom. The van der Waals surface area contributed by atoms with Crippen molar-refractivity contribution in [2.75, 3.05) is 12.8 Å². The van der Waals surface area contributed by atoms with Crippen LogP contribution in [-0.2, 0) is 10.1 Å². The molecule has 0 saturated carbocycles. The third kappa shape index (κ3) is 22.6. The fraction of sp³-hybridized carbons (Fsp3) is 1.00. The first-order valence-electron chi connectivity index (χ1n) is 3.47. The minimum atomic E-state index is -3.97. The maximum Gasteiger partial charge on any atom is 0.342 e. The molecule has 9 heteroatoms. The van der Waals surface area contributed by atoms with E-state index < -0.39 is 28.1 Å². The van der Waals surface area contributed by atoms with E-state index in [2.05, 4.69) is 0 Å². The van der Waals surface area contributed by atoms with Crippen LogP contribution in [0.4, 0.5) is 0 Å². The lowest BCUT2D eigenvalue weighted by Crippen LogP contribution is -2.41. The summed E-state index contributed by atoms with van der Waals surface area (Å²) in [4.78, 5) is 0. The van der Waals surface area contributed by atoms with Gasteiger partial charge in [-0.05, 0) is 14.0 Å². The highest BCUT2D eigenvalue weighted by molar-refractivity contribution is 7.85. The fourth-order valence-electron chi connectivity index (χ4n) is 0.305. The Hall–Kier alpha value is -0.290. The molecule has 0 aromatic heterocycles. The maximum absolute atomic E-state index is 9.84. The van der Waals surface area contributed by atoms with Gasteiger partial charge in [0.05, 0.1) is 6.10 Å². The Bertz CT molecular complexity index is 229. The van der Waals surface area contributed by atoms with Crippen molar-refractivity contribution in [1.82, 2.24) is 5.32 Å². The molecule has 0 bridgehead atoms. The van der Waals surface area contributed by atoms with Crippen LogP contribution < -0.4 is 5.32 Å². The summed E-state index contributed by atoms with van der Waals surface area (Å²) in [5.41, 5.74) is 0. The summed E-state index contributed by atoms with van der Waals surface area (Å²) >= 11 is 0. The zero-order valence-electron chi connectivity index (χ0n) is 7.75. The first-order valence-corrected chi connectivity index (χ1v) is 5.08. The van der Waals surface area contributed by atoms with Gasteiger partial charge in [0.15, 0.2) is 0 Å². The molecule has 0 rings (SSSR count). The van der Waals surface area contributed by atoms with Gasteiger partial charge in [0, 0.05) is 0 Å². The topological polar surface area (TPSA) is 147 Å². The zero-order chi connectivity index (χ0) is 12.0.